The molecule has 0 radical (unpaired) electrons. The number of hydrogen-bond donors (Lipinski definition) is 2. The van der Waals surface area contributed by atoms with Gasteiger partial charge >= 0.3 is 0 Å². The van der Waals surface area contributed by atoms with Crippen LogP contribution < -0.4 is 10.6 Å². The van der Waals surface area contributed by atoms with Gasteiger partial charge in [-0.05, 0) is 98.5 Å². The number of rotatable bonds is 10. The summed E-state index contributed by atoms with van der Waals surface area (Å²) >= 11 is 0. The molecular weight excluding hydrogens is 628 g/mol. The van der Waals surface area contributed by atoms with Crippen LogP contribution in [0.15, 0.2) is 98.6 Å². The molecule has 2 aliphatic heterocycles. The van der Waals surface area contributed by atoms with Crippen LogP contribution in [-0.4, -0.2) is 68.8 Å². The van der Waals surface area contributed by atoms with E-state index in [-0.39, 0.29) is 60.1 Å². The Kier molecular flexibility index (Phi) is 9.04. The van der Waals surface area contributed by atoms with Gasteiger partial charge in [-0.25, -0.2) is 0 Å². The fourth-order valence-corrected chi connectivity index (χ4v) is 6.42. The zero-order valence-electron chi connectivity index (χ0n) is 26.5. The number of nitrogens with one attached hydrogen (secondary N) is 2. The molecule has 2 aliphatic rings. The van der Waals surface area contributed by atoms with Crippen molar-refractivity contribution < 1.29 is 32.4 Å². The van der Waals surface area contributed by atoms with Crippen LogP contribution in [0.5, 0.6) is 0 Å². The predicted octanol–water partition coefficient (Wildman–Crippen LogP) is 5.86. The van der Waals surface area contributed by atoms with Gasteiger partial charge in [-0.15, -0.1) is 10.2 Å². The molecule has 5 aromatic rings. The van der Waals surface area contributed by atoms with Crippen molar-refractivity contribution in [1.29, 1.82) is 0 Å². The molecule has 0 spiro atoms. The van der Waals surface area contributed by atoms with E-state index in [0.717, 1.165) is 25.7 Å². The van der Waals surface area contributed by atoms with Crippen molar-refractivity contribution in [1.82, 2.24) is 20.0 Å². The highest BCUT2D eigenvalue weighted by molar-refractivity contribution is 5.95. The molecule has 2 saturated heterocycles. The van der Waals surface area contributed by atoms with Gasteiger partial charge < -0.3 is 33.7 Å². The molecule has 5 heterocycles. The van der Waals surface area contributed by atoms with E-state index < -0.39 is 0 Å². The van der Waals surface area contributed by atoms with E-state index in [1.807, 2.05) is 0 Å². The van der Waals surface area contributed by atoms with Crippen molar-refractivity contribution >= 4 is 35.0 Å². The summed E-state index contributed by atoms with van der Waals surface area (Å²) in [6.07, 6.45) is 6.50. The minimum Gasteiger partial charge on any atom is -0.459 e. The van der Waals surface area contributed by atoms with Gasteiger partial charge in [0.2, 0.25) is 23.6 Å². The third-order valence-corrected chi connectivity index (χ3v) is 8.84. The number of aromatic nitrogens is 2. The Morgan fingerprint density at radius 1 is 0.633 bits per heavy atom. The summed E-state index contributed by atoms with van der Waals surface area (Å²) in [5, 5.41) is 14.2. The molecule has 7 rings (SSSR count). The zero-order chi connectivity index (χ0) is 33.7. The Hall–Kier alpha value is -5.98. The highest BCUT2D eigenvalue weighted by atomic mass is 16.4. The minimum atomic E-state index is -0.199. The third-order valence-electron chi connectivity index (χ3n) is 8.84. The Morgan fingerprint density at radius 2 is 1.06 bits per heavy atom. The van der Waals surface area contributed by atoms with E-state index >= 15 is 0 Å². The number of furan rings is 2. The maximum Gasteiger partial charge on any atom is 0.289 e. The molecule has 0 saturated carbocycles. The standard InChI is InChI=1S/C36H34N6O7/c43-31(21-27-5-1-17-41(27)35(45)29-7-3-19-47-29)37-25-13-9-23(10-14-25)33-39-40-34(49-33)24-11-15-26(16-12-24)38-32(44)22-28-6-2-18-42(28)36(46)30-8-4-20-48-30/h3-4,7-16,19-20,27-28H,1-2,5-6,17-18,21-22H2,(H,37,43)(H,38,44)/t27-,28-/m0/s1. The fourth-order valence-electron chi connectivity index (χ4n) is 6.42. The van der Waals surface area contributed by atoms with Crippen LogP contribution in [0.3, 0.4) is 0 Å². The second-order valence-corrected chi connectivity index (χ2v) is 12.1. The molecular formula is C36H34N6O7. The average Bonchev–Trinajstić information content (AvgIpc) is 3.95. The Balaban J connectivity index is 0.908. The topological polar surface area (TPSA) is 164 Å². The lowest BCUT2D eigenvalue weighted by Gasteiger charge is -2.23. The van der Waals surface area contributed by atoms with E-state index in [1.165, 1.54) is 12.5 Å². The van der Waals surface area contributed by atoms with Crippen LogP contribution in [0.1, 0.15) is 59.6 Å². The lowest BCUT2D eigenvalue weighted by molar-refractivity contribution is -0.117. The molecule has 2 atom stereocenters. The first kappa shape index (κ1) is 31.6. The lowest BCUT2D eigenvalue weighted by atomic mass is 10.1. The summed E-state index contributed by atoms with van der Waals surface area (Å²) in [6, 6.07) is 20.4. The van der Waals surface area contributed by atoms with Crippen molar-refractivity contribution in [2.24, 2.45) is 0 Å². The van der Waals surface area contributed by atoms with Crippen molar-refractivity contribution in [2.45, 2.75) is 50.6 Å². The van der Waals surface area contributed by atoms with Crippen molar-refractivity contribution in [3.05, 3.63) is 96.8 Å². The average molecular weight is 663 g/mol. The molecule has 13 heteroatoms. The van der Waals surface area contributed by atoms with Gasteiger partial charge in [0.1, 0.15) is 0 Å². The fraction of sp³-hybridized carbons (Fsp3) is 0.278. The van der Waals surface area contributed by atoms with E-state index in [2.05, 4.69) is 20.8 Å². The molecule has 13 nitrogen and oxygen atoms in total. The molecule has 2 fully saturated rings. The number of likely N-dealkylation sites (tertiary alicyclic amines) is 2. The maximum atomic E-state index is 12.8. The molecule has 0 bridgehead atoms. The van der Waals surface area contributed by atoms with Crippen molar-refractivity contribution in [3.8, 4) is 22.9 Å². The number of hydrogen-bond acceptors (Lipinski definition) is 9. The first-order chi connectivity index (χ1) is 23.9. The second-order valence-electron chi connectivity index (χ2n) is 12.1. The van der Waals surface area contributed by atoms with Gasteiger partial charge in [0.05, 0.1) is 12.5 Å². The van der Waals surface area contributed by atoms with Gasteiger partial charge in [0, 0.05) is 60.5 Å². The van der Waals surface area contributed by atoms with Crippen LogP contribution in [0.4, 0.5) is 11.4 Å². The number of benzene rings is 2. The molecule has 0 unspecified atom stereocenters. The van der Waals surface area contributed by atoms with E-state index in [9.17, 15) is 19.2 Å². The van der Waals surface area contributed by atoms with Gasteiger partial charge in [0.25, 0.3) is 11.8 Å². The van der Waals surface area contributed by atoms with Gasteiger partial charge in [-0.1, -0.05) is 0 Å². The van der Waals surface area contributed by atoms with Gasteiger partial charge in [-0.3, -0.25) is 19.2 Å². The first-order valence-electron chi connectivity index (χ1n) is 16.2. The molecule has 4 amide bonds. The van der Waals surface area contributed by atoms with Crippen LogP contribution in [0.25, 0.3) is 22.9 Å². The SMILES string of the molecule is O=C(C[C@@H]1CCCN1C(=O)c1ccco1)Nc1ccc(-c2nnc(-c3ccc(NC(=O)C[C@@H]4CCCN4C(=O)c4ccco4)cc3)o2)cc1. The highest BCUT2D eigenvalue weighted by Gasteiger charge is 2.33. The number of amides is 4. The van der Waals surface area contributed by atoms with Crippen LogP contribution in [-0.2, 0) is 9.59 Å². The van der Waals surface area contributed by atoms with E-state index in [4.69, 9.17) is 13.3 Å². The molecule has 250 valence electrons. The second kappa shape index (κ2) is 14.0. The number of nitrogens with zero attached hydrogens (tertiary/aromatic N) is 4. The Morgan fingerprint density at radius 3 is 1.45 bits per heavy atom. The van der Waals surface area contributed by atoms with Crippen molar-refractivity contribution in [2.75, 3.05) is 23.7 Å². The molecule has 49 heavy (non-hydrogen) atoms. The summed E-state index contributed by atoms with van der Waals surface area (Å²) < 4.78 is 16.4. The van der Waals surface area contributed by atoms with Gasteiger partial charge in [-0.2, -0.15) is 0 Å². The summed E-state index contributed by atoms with van der Waals surface area (Å²) in [5.41, 5.74) is 2.58. The van der Waals surface area contributed by atoms with E-state index in [0.29, 0.717) is 47.4 Å². The Bertz CT molecular complexity index is 1780. The number of carbonyl (C=O) groups excluding carboxylic acids is 4. The highest BCUT2D eigenvalue weighted by Crippen LogP contribution is 2.28. The smallest absolute Gasteiger partial charge is 0.289 e. The normalized spacial score (nSPS) is 17.3. The lowest BCUT2D eigenvalue weighted by Crippen LogP contribution is -2.37. The predicted molar refractivity (Wildman–Crippen MR) is 177 cm³/mol. The first-order valence-corrected chi connectivity index (χ1v) is 16.2. The third kappa shape index (κ3) is 7.15. The summed E-state index contributed by atoms with van der Waals surface area (Å²) in [6.45, 7) is 1.19. The Labute approximate surface area is 281 Å². The molecule has 2 N–H and O–H groups in total. The molecule has 2 aromatic carbocycles. The zero-order valence-corrected chi connectivity index (χ0v) is 26.5. The number of anilines is 2. The number of carbonyl (C=O) groups is 4. The van der Waals surface area contributed by atoms with Crippen LogP contribution in [0.2, 0.25) is 0 Å². The van der Waals surface area contributed by atoms with E-state index in [1.54, 1.807) is 82.6 Å². The summed E-state index contributed by atoms with van der Waals surface area (Å²) in [5.74, 6) is 0.414. The summed E-state index contributed by atoms with van der Waals surface area (Å²) in [7, 11) is 0. The quantitative estimate of drug-likeness (QED) is 0.187. The van der Waals surface area contributed by atoms with Crippen molar-refractivity contribution in [3.63, 3.8) is 0 Å². The molecule has 0 aliphatic carbocycles. The monoisotopic (exact) mass is 662 g/mol. The maximum absolute atomic E-state index is 12.8. The largest absolute Gasteiger partial charge is 0.459 e. The summed E-state index contributed by atoms with van der Waals surface area (Å²) in [4.78, 5) is 54.5. The minimum absolute atomic E-state index is 0.183. The molecule has 3 aromatic heterocycles. The van der Waals surface area contributed by atoms with Crippen LogP contribution >= 0.6 is 0 Å². The van der Waals surface area contributed by atoms with Crippen LogP contribution in [0, 0.1) is 0 Å². The van der Waals surface area contributed by atoms with Gasteiger partial charge in [0.15, 0.2) is 11.5 Å².